The molecule has 0 bridgehead atoms. The first-order chi connectivity index (χ1) is 8.72. The van der Waals surface area contributed by atoms with Crippen LogP contribution in [0.25, 0.3) is 0 Å². The van der Waals surface area contributed by atoms with Crippen LogP contribution in [0.3, 0.4) is 0 Å². The van der Waals surface area contributed by atoms with Crippen LogP contribution in [-0.4, -0.2) is 44.2 Å². The second kappa shape index (κ2) is 6.66. The lowest BCUT2D eigenvalue weighted by molar-refractivity contribution is 0.153. The van der Waals surface area contributed by atoms with E-state index in [2.05, 4.69) is 62.7 Å². The molecule has 3 nitrogen and oxygen atoms in total. The molecule has 18 heavy (non-hydrogen) atoms. The van der Waals surface area contributed by atoms with Crippen molar-refractivity contribution in [2.24, 2.45) is 0 Å². The van der Waals surface area contributed by atoms with Gasteiger partial charge < -0.3 is 10.6 Å². The van der Waals surface area contributed by atoms with Gasteiger partial charge in [0.25, 0.3) is 0 Å². The summed E-state index contributed by atoms with van der Waals surface area (Å²) in [5.41, 5.74) is 1.35. The molecule has 1 heterocycles. The Balaban J connectivity index is 2.11. The summed E-state index contributed by atoms with van der Waals surface area (Å²) in [7, 11) is 2.05. The SMILES string of the molecule is CNC(c1cccc(Br)c1)C(C)N1CCNCC1. The van der Waals surface area contributed by atoms with Crippen LogP contribution < -0.4 is 10.6 Å². The first-order valence-electron chi connectivity index (χ1n) is 6.60. The number of nitrogens with zero attached hydrogens (tertiary/aromatic N) is 1. The summed E-state index contributed by atoms with van der Waals surface area (Å²) in [6.45, 7) is 6.77. The normalized spacial score (nSPS) is 20.6. The van der Waals surface area contributed by atoms with Gasteiger partial charge in [0.15, 0.2) is 0 Å². The summed E-state index contributed by atoms with van der Waals surface area (Å²) in [6.07, 6.45) is 0. The third-order valence-corrected chi connectivity index (χ3v) is 4.22. The second-order valence-corrected chi connectivity index (χ2v) is 5.76. The quantitative estimate of drug-likeness (QED) is 0.890. The molecule has 0 saturated carbocycles. The van der Waals surface area contributed by atoms with Crippen molar-refractivity contribution in [3.8, 4) is 0 Å². The van der Waals surface area contributed by atoms with E-state index in [0.29, 0.717) is 12.1 Å². The molecule has 1 aromatic carbocycles. The van der Waals surface area contributed by atoms with Gasteiger partial charge in [-0.25, -0.2) is 0 Å². The molecule has 2 N–H and O–H groups in total. The first kappa shape index (κ1) is 14.0. The largest absolute Gasteiger partial charge is 0.314 e. The third kappa shape index (κ3) is 3.32. The van der Waals surface area contributed by atoms with Crippen LogP contribution in [0.15, 0.2) is 28.7 Å². The number of benzene rings is 1. The van der Waals surface area contributed by atoms with Crippen molar-refractivity contribution in [3.05, 3.63) is 34.3 Å². The predicted molar refractivity (Wildman–Crippen MR) is 79.8 cm³/mol. The Kier molecular flexibility index (Phi) is 5.18. The summed E-state index contributed by atoms with van der Waals surface area (Å²) in [6, 6.07) is 9.47. The van der Waals surface area contributed by atoms with Gasteiger partial charge in [-0.15, -0.1) is 0 Å². The van der Waals surface area contributed by atoms with Gasteiger partial charge in [0, 0.05) is 42.7 Å². The summed E-state index contributed by atoms with van der Waals surface area (Å²) in [4.78, 5) is 2.55. The minimum absolute atomic E-state index is 0.376. The zero-order valence-corrected chi connectivity index (χ0v) is 12.7. The van der Waals surface area contributed by atoms with Gasteiger partial charge in [-0.05, 0) is 31.7 Å². The maximum Gasteiger partial charge on any atom is 0.0473 e. The van der Waals surface area contributed by atoms with Crippen LogP contribution in [0, 0.1) is 0 Å². The lowest BCUT2D eigenvalue weighted by Crippen LogP contribution is -2.51. The molecule has 1 aliphatic rings. The van der Waals surface area contributed by atoms with E-state index in [1.54, 1.807) is 0 Å². The van der Waals surface area contributed by atoms with E-state index in [0.717, 1.165) is 30.7 Å². The molecule has 1 fully saturated rings. The molecule has 1 aliphatic heterocycles. The fourth-order valence-electron chi connectivity index (χ4n) is 2.69. The van der Waals surface area contributed by atoms with Crippen molar-refractivity contribution >= 4 is 15.9 Å². The number of hydrogen-bond acceptors (Lipinski definition) is 3. The van der Waals surface area contributed by atoms with Crippen molar-refractivity contribution < 1.29 is 0 Å². The number of piperazine rings is 1. The highest BCUT2D eigenvalue weighted by Gasteiger charge is 2.24. The van der Waals surface area contributed by atoms with Crippen molar-refractivity contribution in [3.63, 3.8) is 0 Å². The molecule has 100 valence electrons. The van der Waals surface area contributed by atoms with Crippen molar-refractivity contribution in [1.82, 2.24) is 15.5 Å². The Morgan fingerprint density at radius 2 is 2.06 bits per heavy atom. The van der Waals surface area contributed by atoms with Crippen LogP contribution in [0.1, 0.15) is 18.5 Å². The third-order valence-electron chi connectivity index (χ3n) is 3.73. The standard InChI is InChI=1S/C14H22BrN3/c1-11(18-8-6-17-7-9-18)14(16-2)12-4-3-5-13(15)10-12/h3-5,10-11,14,16-17H,6-9H2,1-2H3. The molecule has 1 saturated heterocycles. The predicted octanol–water partition coefficient (Wildman–Crippen LogP) is 2.00. The number of nitrogens with one attached hydrogen (secondary N) is 2. The fraction of sp³-hybridized carbons (Fsp3) is 0.571. The Labute approximate surface area is 118 Å². The average Bonchev–Trinajstić information content (AvgIpc) is 2.40. The van der Waals surface area contributed by atoms with Crippen LogP contribution in [-0.2, 0) is 0 Å². The highest BCUT2D eigenvalue weighted by Crippen LogP contribution is 2.23. The molecule has 0 aliphatic carbocycles. The van der Waals surface area contributed by atoms with Crippen molar-refractivity contribution in [1.29, 1.82) is 0 Å². The molecule has 0 amide bonds. The Morgan fingerprint density at radius 3 is 2.67 bits per heavy atom. The Morgan fingerprint density at radius 1 is 1.33 bits per heavy atom. The van der Waals surface area contributed by atoms with Gasteiger partial charge in [-0.1, -0.05) is 28.1 Å². The number of rotatable bonds is 4. The van der Waals surface area contributed by atoms with Crippen LogP contribution in [0.4, 0.5) is 0 Å². The minimum atomic E-state index is 0.376. The zero-order chi connectivity index (χ0) is 13.0. The smallest absolute Gasteiger partial charge is 0.0473 e. The molecular weight excluding hydrogens is 290 g/mol. The summed E-state index contributed by atoms with van der Waals surface area (Å²) >= 11 is 3.55. The van der Waals surface area contributed by atoms with Crippen LogP contribution in [0.2, 0.25) is 0 Å². The lowest BCUT2D eigenvalue weighted by atomic mass is 9.99. The lowest BCUT2D eigenvalue weighted by Gasteiger charge is -2.37. The van der Waals surface area contributed by atoms with Crippen LogP contribution in [0.5, 0.6) is 0 Å². The maximum absolute atomic E-state index is 3.55. The summed E-state index contributed by atoms with van der Waals surface area (Å²) < 4.78 is 1.15. The molecular formula is C14H22BrN3. The van der Waals surface area contributed by atoms with Gasteiger partial charge in [0.1, 0.15) is 0 Å². The monoisotopic (exact) mass is 311 g/mol. The number of likely N-dealkylation sites (N-methyl/N-ethyl adjacent to an activating group) is 1. The molecule has 2 atom stereocenters. The maximum atomic E-state index is 3.55. The number of hydrogen-bond donors (Lipinski definition) is 2. The van der Waals surface area contributed by atoms with E-state index in [9.17, 15) is 0 Å². The first-order valence-corrected chi connectivity index (χ1v) is 7.39. The molecule has 4 heteroatoms. The summed E-state index contributed by atoms with van der Waals surface area (Å²) in [5, 5.41) is 6.87. The van der Waals surface area contributed by atoms with Gasteiger partial charge in [-0.3, -0.25) is 4.90 Å². The highest BCUT2D eigenvalue weighted by atomic mass is 79.9. The van der Waals surface area contributed by atoms with Gasteiger partial charge in [0.05, 0.1) is 0 Å². The average molecular weight is 312 g/mol. The minimum Gasteiger partial charge on any atom is -0.314 e. The van der Waals surface area contributed by atoms with Crippen molar-refractivity contribution in [2.75, 3.05) is 33.2 Å². The fourth-order valence-corrected chi connectivity index (χ4v) is 3.10. The highest BCUT2D eigenvalue weighted by molar-refractivity contribution is 9.10. The van der Waals surface area contributed by atoms with E-state index >= 15 is 0 Å². The van der Waals surface area contributed by atoms with E-state index in [4.69, 9.17) is 0 Å². The molecule has 0 spiro atoms. The van der Waals surface area contributed by atoms with Gasteiger partial charge in [0.2, 0.25) is 0 Å². The van der Waals surface area contributed by atoms with E-state index in [1.807, 2.05) is 7.05 Å². The molecule has 2 unspecified atom stereocenters. The topological polar surface area (TPSA) is 27.3 Å². The van der Waals surface area contributed by atoms with E-state index < -0.39 is 0 Å². The van der Waals surface area contributed by atoms with Crippen LogP contribution >= 0.6 is 15.9 Å². The molecule has 0 aromatic heterocycles. The van der Waals surface area contributed by atoms with E-state index in [-0.39, 0.29) is 0 Å². The second-order valence-electron chi connectivity index (χ2n) is 4.85. The van der Waals surface area contributed by atoms with E-state index in [1.165, 1.54) is 5.56 Å². The molecule has 1 aromatic rings. The number of halogens is 1. The molecule has 0 radical (unpaired) electrons. The van der Waals surface area contributed by atoms with Gasteiger partial charge >= 0.3 is 0 Å². The Hall–Kier alpha value is -0.420. The van der Waals surface area contributed by atoms with Crippen molar-refractivity contribution in [2.45, 2.75) is 19.0 Å². The van der Waals surface area contributed by atoms with Gasteiger partial charge in [-0.2, -0.15) is 0 Å². The molecule has 2 rings (SSSR count). The Bertz CT molecular complexity index is 377. The summed E-state index contributed by atoms with van der Waals surface area (Å²) in [5.74, 6) is 0. The zero-order valence-electron chi connectivity index (χ0n) is 11.1.